The zero-order chi connectivity index (χ0) is 17.6. The number of hydrogen-bond donors (Lipinski definition) is 2. The predicted octanol–water partition coefficient (Wildman–Crippen LogP) is 3.74. The van der Waals surface area contributed by atoms with Crippen molar-refractivity contribution in [2.45, 2.75) is 0 Å². The van der Waals surface area contributed by atoms with Gasteiger partial charge in [0.05, 0.1) is 11.2 Å². The largest absolute Gasteiger partial charge is 0.489 e. The lowest BCUT2D eigenvalue weighted by Crippen LogP contribution is -2.03. The van der Waals surface area contributed by atoms with E-state index in [2.05, 4.69) is 26.5 Å². The van der Waals surface area contributed by atoms with Gasteiger partial charge in [0.1, 0.15) is 31.2 Å². The molecule has 0 unspecified atom stereocenters. The SMILES string of the molecule is C#Cc1cccc(Nc2ncnc3cc(OCCF)c(NC)cc23)c1. The molecule has 0 saturated heterocycles. The van der Waals surface area contributed by atoms with Crippen LogP contribution in [0.2, 0.25) is 0 Å². The lowest BCUT2D eigenvalue weighted by Gasteiger charge is -2.14. The summed E-state index contributed by atoms with van der Waals surface area (Å²) in [7, 11) is 1.77. The van der Waals surface area contributed by atoms with Gasteiger partial charge in [-0.05, 0) is 24.3 Å². The number of fused-ring (bicyclic) bond motifs is 1. The first-order chi connectivity index (χ1) is 12.2. The number of nitrogens with zero attached hydrogens (tertiary/aromatic N) is 2. The maximum Gasteiger partial charge on any atom is 0.144 e. The Morgan fingerprint density at radius 3 is 2.88 bits per heavy atom. The van der Waals surface area contributed by atoms with E-state index >= 15 is 0 Å². The van der Waals surface area contributed by atoms with Crippen LogP contribution in [0.3, 0.4) is 0 Å². The van der Waals surface area contributed by atoms with Gasteiger partial charge in [-0.1, -0.05) is 12.0 Å². The van der Waals surface area contributed by atoms with Crippen LogP contribution in [-0.4, -0.2) is 30.3 Å². The van der Waals surface area contributed by atoms with Gasteiger partial charge in [0, 0.05) is 29.8 Å². The average Bonchev–Trinajstić information content (AvgIpc) is 2.66. The summed E-state index contributed by atoms with van der Waals surface area (Å²) in [6, 6.07) is 11.1. The van der Waals surface area contributed by atoms with Gasteiger partial charge in [0.25, 0.3) is 0 Å². The van der Waals surface area contributed by atoms with E-state index in [4.69, 9.17) is 11.2 Å². The van der Waals surface area contributed by atoms with Crippen LogP contribution in [0.15, 0.2) is 42.7 Å². The fraction of sp³-hybridized carbons (Fsp3) is 0.158. The molecule has 0 saturated carbocycles. The van der Waals surface area contributed by atoms with Gasteiger partial charge < -0.3 is 15.4 Å². The van der Waals surface area contributed by atoms with E-state index in [1.54, 1.807) is 13.1 Å². The number of terminal acetylenes is 1. The molecule has 25 heavy (non-hydrogen) atoms. The summed E-state index contributed by atoms with van der Waals surface area (Å²) in [6.45, 7) is -0.557. The third-order valence-electron chi connectivity index (χ3n) is 3.63. The van der Waals surface area contributed by atoms with Crippen molar-refractivity contribution >= 4 is 28.1 Å². The minimum Gasteiger partial charge on any atom is -0.489 e. The van der Waals surface area contributed by atoms with Crippen molar-refractivity contribution in [3.05, 3.63) is 48.3 Å². The number of rotatable bonds is 6. The second-order valence-electron chi connectivity index (χ2n) is 5.23. The Kier molecular flexibility index (Phi) is 4.95. The van der Waals surface area contributed by atoms with Crippen LogP contribution >= 0.6 is 0 Å². The van der Waals surface area contributed by atoms with Crippen LogP contribution < -0.4 is 15.4 Å². The fourth-order valence-electron chi connectivity index (χ4n) is 2.47. The zero-order valence-electron chi connectivity index (χ0n) is 13.7. The lowest BCUT2D eigenvalue weighted by atomic mass is 10.1. The number of anilines is 3. The molecule has 0 atom stereocenters. The maximum absolute atomic E-state index is 12.4. The average molecular weight is 336 g/mol. The molecule has 2 N–H and O–H groups in total. The monoisotopic (exact) mass is 336 g/mol. The third kappa shape index (κ3) is 3.61. The van der Waals surface area contributed by atoms with Gasteiger partial charge in [-0.3, -0.25) is 0 Å². The molecule has 5 nitrogen and oxygen atoms in total. The minimum atomic E-state index is -0.552. The number of alkyl halides is 1. The molecule has 2 aromatic carbocycles. The van der Waals surface area contributed by atoms with Crippen LogP contribution in [0.1, 0.15) is 5.56 Å². The van der Waals surface area contributed by atoms with Gasteiger partial charge in [0.15, 0.2) is 0 Å². The van der Waals surface area contributed by atoms with E-state index in [9.17, 15) is 4.39 Å². The molecule has 0 aliphatic rings. The molecule has 1 heterocycles. The number of nitrogens with one attached hydrogen (secondary N) is 2. The highest BCUT2D eigenvalue weighted by molar-refractivity contribution is 5.94. The second kappa shape index (κ2) is 7.49. The highest BCUT2D eigenvalue weighted by Gasteiger charge is 2.10. The Hall–Kier alpha value is -3.33. The van der Waals surface area contributed by atoms with Crippen molar-refractivity contribution in [3.8, 4) is 18.1 Å². The molecule has 0 amide bonds. The molecule has 0 fully saturated rings. The summed E-state index contributed by atoms with van der Waals surface area (Å²) in [5, 5.41) is 7.12. The Labute approximate surface area is 145 Å². The molecule has 0 radical (unpaired) electrons. The first-order valence-electron chi connectivity index (χ1n) is 7.74. The summed E-state index contributed by atoms with van der Waals surface area (Å²) < 4.78 is 17.8. The van der Waals surface area contributed by atoms with Crippen LogP contribution in [0.5, 0.6) is 5.75 Å². The number of halogens is 1. The molecular formula is C19H17FN4O. The Morgan fingerprint density at radius 2 is 2.12 bits per heavy atom. The number of aromatic nitrogens is 2. The third-order valence-corrected chi connectivity index (χ3v) is 3.63. The van der Waals surface area contributed by atoms with Crippen molar-refractivity contribution in [3.63, 3.8) is 0 Å². The van der Waals surface area contributed by atoms with Gasteiger partial charge in [0.2, 0.25) is 0 Å². The van der Waals surface area contributed by atoms with Crippen molar-refractivity contribution in [2.75, 3.05) is 31.0 Å². The molecule has 126 valence electrons. The van der Waals surface area contributed by atoms with Gasteiger partial charge in [-0.2, -0.15) is 0 Å². The summed E-state index contributed by atoms with van der Waals surface area (Å²) in [6.07, 6.45) is 6.91. The molecule has 1 aromatic heterocycles. The Morgan fingerprint density at radius 1 is 1.24 bits per heavy atom. The van der Waals surface area contributed by atoms with E-state index in [1.807, 2.05) is 30.3 Å². The fourth-order valence-corrected chi connectivity index (χ4v) is 2.47. The molecular weight excluding hydrogens is 319 g/mol. The van der Waals surface area contributed by atoms with Crippen LogP contribution in [0, 0.1) is 12.3 Å². The molecule has 6 heteroatoms. The molecule has 3 aromatic rings. The summed E-state index contributed by atoms with van der Waals surface area (Å²) in [5.41, 5.74) is 3.04. The number of hydrogen-bond acceptors (Lipinski definition) is 5. The van der Waals surface area contributed by atoms with Crippen molar-refractivity contribution in [1.82, 2.24) is 9.97 Å². The highest BCUT2D eigenvalue weighted by Crippen LogP contribution is 2.33. The van der Waals surface area contributed by atoms with Crippen molar-refractivity contribution < 1.29 is 9.13 Å². The molecule has 0 aliphatic carbocycles. The zero-order valence-corrected chi connectivity index (χ0v) is 13.7. The topological polar surface area (TPSA) is 59.1 Å². The smallest absolute Gasteiger partial charge is 0.144 e. The summed E-state index contributed by atoms with van der Waals surface area (Å²) >= 11 is 0. The highest BCUT2D eigenvalue weighted by atomic mass is 19.1. The van der Waals surface area contributed by atoms with Gasteiger partial charge >= 0.3 is 0 Å². The van der Waals surface area contributed by atoms with Crippen LogP contribution in [-0.2, 0) is 0 Å². The molecule has 3 rings (SSSR count). The van der Waals surface area contributed by atoms with Gasteiger partial charge in [-0.15, -0.1) is 6.42 Å². The molecule has 0 spiro atoms. The van der Waals surface area contributed by atoms with E-state index < -0.39 is 6.67 Å². The quantitative estimate of drug-likeness (QED) is 0.672. The van der Waals surface area contributed by atoms with E-state index in [0.29, 0.717) is 17.1 Å². The van der Waals surface area contributed by atoms with Crippen molar-refractivity contribution in [1.29, 1.82) is 0 Å². The molecule has 0 aliphatic heterocycles. The minimum absolute atomic E-state index is 0.00470. The van der Waals surface area contributed by atoms with E-state index in [0.717, 1.165) is 22.3 Å². The normalized spacial score (nSPS) is 10.3. The van der Waals surface area contributed by atoms with Crippen LogP contribution in [0.4, 0.5) is 21.6 Å². The Balaban J connectivity index is 2.02. The maximum atomic E-state index is 12.4. The number of benzene rings is 2. The van der Waals surface area contributed by atoms with E-state index in [-0.39, 0.29) is 6.61 Å². The van der Waals surface area contributed by atoms with Gasteiger partial charge in [-0.25, -0.2) is 14.4 Å². The summed E-state index contributed by atoms with van der Waals surface area (Å²) in [4.78, 5) is 8.60. The first kappa shape index (κ1) is 16.5. The molecule has 0 bridgehead atoms. The first-order valence-corrected chi connectivity index (χ1v) is 7.74. The van der Waals surface area contributed by atoms with Crippen LogP contribution in [0.25, 0.3) is 10.9 Å². The number of ether oxygens (including phenoxy) is 1. The Bertz CT molecular complexity index is 936. The lowest BCUT2D eigenvalue weighted by molar-refractivity contribution is 0.274. The summed E-state index contributed by atoms with van der Waals surface area (Å²) in [5.74, 6) is 3.80. The van der Waals surface area contributed by atoms with Crippen molar-refractivity contribution in [2.24, 2.45) is 0 Å². The second-order valence-corrected chi connectivity index (χ2v) is 5.23. The predicted molar refractivity (Wildman–Crippen MR) is 98.2 cm³/mol. The van der Waals surface area contributed by atoms with E-state index in [1.165, 1.54) is 6.33 Å². The standard InChI is InChI=1S/C19H17FN4O/c1-3-13-5-4-6-14(9-13)24-19-15-10-17(21-2)18(25-8-7-20)11-16(15)22-12-23-19/h1,4-6,9-12,21H,7-8H2,2H3,(H,22,23,24).